The highest BCUT2D eigenvalue weighted by Gasteiger charge is 2.42. The minimum absolute atomic E-state index is 0.307. The Labute approximate surface area is 117 Å². The second-order valence-corrected chi connectivity index (χ2v) is 6.68. The molecule has 2 fully saturated rings. The van der Waals surface area contributed by atoms with E-state index in [-0.39, 0.29) is 0 Å². The van der Waals surface area contributed by atoms with Crippen molar-refractivity contribution in [3.63, 3.8) is 0 Å². The maximum absolute atomic E-state index is 11.8. The van der Waals surface area contributed by atoms with Crippen LogP contribution in [0.2, 0.25) is 0 Å². The van der Waals surface area contributed by atoms with Crippen molar-refractivity contribution in [2.75, 3.05) is 0 Å². The fourth-order valence-corrected chi connectivity index (χ4v) is 3.88. The molecule has 2 aliphatic rings. The van der Waals surface area contributed by atoms with Crippen LogP contribution in [0.1, 0.15) is 77.6 Å². The van der Waals surface area contributed by atoms with Crippen molar-refractivity contribution in [2.24, 2.45) is 5.92 Å². The molecule has 2 saturated carbocycles. The molecule has 0 radical (unpaired) electrons. The second kappa shape index (κ2) is 6.74. The van der Waals surface area contributed by atoms with Gasteiger partial charge in [-0.15, -0.1) is 0 Å². The standard InChI is InChI=1S/C16H29NO2/c1-16(15(18)19,13-9-5-4-6-10-13)17-14-11-7-2-3-8-12-14/h13-14,17H,2-12H2,1H3,(H,18,19). The lowest BCUT2D eigenvalue weighted by Gasteiger charge is -2.40. The van der Waals surface area contributed by atoms with Gasteiger partial charge in [0.15, 0.2) is 0 Å². The summed E-state index contributed by atoms with van der Waals surface area (Å²) in [5.41, 5.74) is -0.713. The van der Waals surface area contributed by atoms with Gasteiger partial charge in [-0.3, -0.25) is 10.1 Å². The summed E-state index contributed by atoms with van der Waals surface area (Å²) in [6.45, 7) is 1.93. The van der Waals surface area contributed by atoms with Gasteiger partial charge < -0.3 is 5.11 Å². The van der Waals surface area contributed by atoms with Gasteiger partial charge in [0.25, 0.3) is 0 Å². The van der Waals surface area contributed by atoms with E-state index in [1.54, 1.807) is 0 Å². The van der Waals surface area contributed by atoms with Crippen LogP contribution in [0.5, 0.6) is 0 Å². The van der Waals surface area contributed by atoms with Gasteiger partial charge in [0.05, 0.1) is 0 Å². The predicted molar refractivity (Wildman–Crippen MR) is 77.2 cm³/mol. The summed E-state index contributed by atoms with van der Waals surface area (Å²) in [6.07, 6.45) is 13.2. The smallest absolute Gasteiger partial charge is 0.323 e. The maximum atomic E-state index is 11.8. The molecule has 2 N–H and O–H groups in total. The summed E-state index contributed by atoms with van der Waals surface area (Å²) in [6, 6.07) is 0.408. The van der Waals surface area contributed by atoms with E-state index in [9.17, 15) is 9.90 Å². The van der Waals surface area contributed by atoms with Gasteiger partial charge in [-0.2, -0.15) is 0 Å². The quantitative estimate of drug-likeness (QED) is 0.763. The number of carbonyl (C=O) groups is 1. The van der Waals surface area contributed by atoms with E-state index in [1.807, 2.05) is 6.92 Å². The molecule has 19 heavy (non-hydrogen) atoms. The summed E-state index contributed by atoms with van der Waals surface area (Å²) in [4.78, 5) is 11.8. The Balaban J connectivity index is 2.02. The zero-order valence-corrected chi connectivity index (χ0v) is 12.3. The first-order valence-corrected chi connectivity index (χ1v) is 8.14. The number of aliphatic carboxylic acids is 1. The molecule has 110 valence electrons. The molecule has 0 spiro atoms. The molecule has 2 aliphatic carbocycles. The summed E-state index contributed by atoms with van der Waals surface area (Å²) in [7, 11) is 0. The van der Waals surface area contributed by atoms with Crippen LogP contribution >= 0.6 is 0 Å². The molecule has 0 amide bonds. The van der Waals surface area contributed by atoms with Gasteiger partial charge in [0, 0.05) is 6.04 Å². The Hall–Kier alpha value is -0.570. The minimum Gasteiger partial charge on any atom is -0.480 e. The lowest BCUT2D eigenvalue weighted by molar-refractivity contribution is -0.147. The van der Waals surface area contributed by atoms with Crippen molar-refractivity contribution in [3.8, 4) is 0 Å². The maximum Gasteiger partial charge on any atom is 0.323 e. The van der Waals surface area contributed by atoms with Crippen LogP contribution in [0.3, 0.4) is 0 Å². The summed E-state index contributed by atoms with van der Waals surface area (Å²) >= 11 is 0. The third kappa shape index (κ3) is 3.71. The number of hydrogen-bond donors (Lipinski definition) is 2. The van der Waals surface area contributed by atoms with Crippen LogP contribution in [-0.4, -0.2) is 22.7 Å². The molecule has 0 aromatic rings. The molecular weight excluding hydrogens is 238 g/mol. The Morgan fingerprint density at radius 1 is 0.947 bits per heavy atom. The average molecular weight is 267 g/mol. The molecule has 0 bridgehead atoms. The van der Waals surface area contributed by atoms with E-state index in [4.69, 9.17) is 0 Å². The van der Waals surface area contributed by atoms with Crippen LogP contribution in [0.15, 0.2) is 0 Å². The highest BCUT2D eigenvalue weighted by atomic mass is 16.4. The topological polar surface area (TPSA) is 49.3 Å². The zero-order valence-electron chi connectivity index (χ0n) is 12.3. The summed E-state index contributed by atoms with van der Waals surface area (Å²) in [5, 5.41) is 13.3. The third-order valence-corrected chi connectivity index (χ3v) is 5.23. The molecular formula is C16H29NO2. The van der Waals surface area contributed by atoms with Gasteiger partial charge in [-0.1, -0.05) is 44.9 Å². The predicted octanol–water partition coefficient (Wildman–Crippen LogP) is 3.72. The molecule has 3 heteroatoms. The first-order chi connectivity index (χ1) is 9.13. The van der Waals surface area contributed by atoms with Gasteiger partial charge >= 0.3 is 5.97 Å². The second-order valence-electron chi connectivity index (χ2n) is 6.68. The van der Waals surface area contributed by atoms with Gasteiger partial charge in [0.1, 0.15) is 5.54 Å². The lowest BCUT2D eigenvalue weighted by atomic mass is 9.75. The monoisotopic (exact) mass is 267 g/mol. The minimum atomic E-state index is -0.713. The molecule has 0 aromatic heterocycles. The van der Waals surface area contributed by atoms with Crippen molar-refractivity contribution in [2.45, 2.75) is 89.1 Å². The van der Waals surface area contributed by atoms with Crippen LogP contribution in [0, 0.1) is 5.92 Å². The molecule has 0 aliphatic heterocycles. The van der Waals surface area contributed by atoms with Crippen molar-refractivity contribution < 1.29 is 9.90 Å². The van der Waals surface area contributed by atoms with E-state index in [2.05, 4.69) is 5.32 Å². The van der Waals surface area contributed by atoms with E-state index in [1.165, 1.54) is 44.9 Å². The molecule has 0 heterocycles. The van der Waals surface area contributed by atoms with Gasteiger partial charge in [-0.05, 0) is 38.5 Å². The van der Waals surface area contributed by atoms with Gasteiger partial charge in [-0.25, -0.2) is 0 Å². The fourth-order valence-electron chi connectivity index (χ4n) is 3.88. The fraction of sp³-hybridized carbons (Fsp3) is 0.938. The van der Waals surface area contributed by atoms with Crippen LogP contribution < -0.4 is 5.32 Å². The SMILES string of the molecule is CC(NC1CCCCCC1)(C(=O)O)C1CCCCC1. The number of rotatable bonds is 4. The first-order valence-electron chi connectivity index (χ1n) is 8.14. The molecule has 1 unspecified atom stereocenters. The van der Waals surface area contributed by atoms with E-state index >= 15 is 0 Å². The lowest BCUT2D eigenvalue weighted by Crippen LogP contribution is -2.58. The third-order valence-electron chi connectivity index (χ3n) is 5.23. The van der Waals surface area contributed by atoms with E-state index < -0.39 is 11.5 Å². The molecule has 1 atom stereocenters. The highest BCUT2D eigenvalue weighted by Crippen LogP contribution is 2.34. The Bertz CT molecular complexity index is 291. The Morgan fingerprint density at radius 3 is 1.95 bits per heavy atom. The Morgan fingerprint density at radius 2 is 1.42 bits per heavy atom. The molecule has 0 aromatic carbocycles. The molecule has 0 saturated heterocycles. The van der Waals surface area contributed by atoms with Crippen LogP contribution in [-0.2, 0) is 4.79 Å². The number of hydrogen-bond acceptors (Lipinski definition) is 2. The zero-order chi connectivity index (χ0) is 13.7. The van der Waals surface area contributed by atoms with Crippen molar-refractivity contribution in [1.82, 2.24) is 5.32 Å². The summed E-state index contributed by atoms with van der Waals surface area (Å²) in [5.74, 6) is -0.342. The van der Waals surface area contributed by atoms with E-state index in [0.29, 0.717) is 12.0 Å². The molecule has 2 rings (SSSR count). The van der Waals surface area contributed by atoms with Gasteiger partial charge in [0.2, 0.25) is 0 Å². The molecule has 3 nitrogen and oxygen atoms in total. The van der Waals surface area contributed by atoms with Crippen LogP contribution in [0.4, 0.5) is 0 Å². The Kier molecular flexibility index (Phi) is 5.26. The largest absolute Gasteiger partial charge is 0.480 e. The highest BCUT2D eigenvalue weighted by molar-refractivity contribution is 5.78. The number of carboxylic acids is 1. The van der Waals surface area contributed by atoms with Crippen molar-refractivity contribution >= 4 is 5.97 Å². The first kappa shape index (κ1) is 14.8. The normalized spacial score (nSPS) is 26.6. The van der Waals surface area contributed by atoms with Crippen molar-refractivity contribution in [3.05, 3.63) is 0 Å². The summed E-state index contributed by atoms with van der Waals surface area (Å²) < 4.78 is 0. The average Bonchev–Trinajstić information content (AvgIpc) is 2.68. The number of carboxylic acid groups (broad SMARTS) is 1. The number of nitrogens with one attached hydrogen (secondary N) is 1. The van der Waals surface area contributed by atoms with Crippen molar-refractivity contribution in [1.29, 1.82) is 0 Å². The van der Waals surface area contributed by atoms with E-state index in [0.717, 1.165) is 25.7 Å². The van der Waals surface area contributed by atoms with Crippen LogP contribution in [0.25, 0.3) is 0 Å².